The maximum atomic E-state index is 11.3. The molecule has 0 N–H and O–H groups in total. The Balaban J connectivity index is 3.46. The zero-order valence-corrected chi connectivity index (χ0v) is 11.1. The summed E-state index contributed by atoms with van der Waals surface area (Å²) in [5.41, 5.74) is 0. The Morgan fingerprint density at radius 1 is 1.19 bits per heavy atom. The zero-order valence-electron chi connectivity index (χ0n) is 11.1. The molecule has 0 bridgehead atoms. The van der Waals surface area contributed by atoms with Gasteiger partial charge >= 0.3 is 5.97 Å². The van der Waals surface area contributed by atoms with Gasteiger partial charge in [-0.3, -0.25) is 4.79 Å². The van der Waals surface area contributed by atoms with Crippen LogP contribution < -0.4 is 0 Å². The predicted octanol–water partition coefficient (Wildman–Crippen LogP) is 3.17. The van der Waals surface area contributed by atoms with Gasteiger partial charge in [-0.2, -0.15) is 0 Å². The normalized spacial score (nSPS) is 12.8. The summed E-state index contributed by atoms with van der Waals surface area (Å²) in [7, 11) is 0. The third-order valence-electron chi connectivity index (χ3n) is 2.38. The van der Waals surface area contributed by atoms with E-state index in [-0.39, 0.29) is 12.1 Å². The van der Waals surface area contributed by atoms with E-state index in [1.807, 2.05) is 13.8 Å². The Hall–Kier alpha value is -0.570. The summed E-state index contributed by atoms with van der Waals surface area (Å²) >= 11 is 0. The van der Waals surface area contributed by atoms with Gasteiger partial charge in [0, 0.05) is 6.61 Å². The van der Waals surface area contributed by atoms with Crippen LogP contribution >= 0.6 is 0 Å². The fourth-order valence-electron chi connectivity index (χ4n) is 1.46. The van der Waals surface area contributed by atoms with Crippen LogP contribution in [0.5, 0.6) is 0 Å². The van der Waals surface area contributed by atoms with Crippen LogP contribution in [0.25, 0.3) is 0 Å². The van der Waals surface area contributed by atoms with Crippen molar-refractivity contribution in [1.29, 1.82) is 0 Å². The average molecular weight is 230 g/mol. The molecular weight excluding hydrogens is 204 g/mol. The molecule has 3 nitrogen and oxygen atoms in total. The van der Waals surface area contributed by atoms with Gasteiger partial charge in [0.05, 0.1) is 19.1 Å². The zero-order chi connectivity index (χ0) is 12.4. The topological polar surface area (TPSA) is 35.5 Å². The first-order valence-electron chi connectivity index (χ1n) is 6.33. The number of rotatable bonds is 9. The molecule has 0 aromatic carbocycles. The summed E-state index contributed by atoms with van der Waals surface area (Å²) in [6.45, 7) is 9.40. The molecule has 0 amide bonds. The minimum Gasteiger partial charge on any atom is -0.463 e. The average Bonchev–Trinajstić information content (AvgIpc) is 2.17. The van der Waals surface area contributed by atoms with Crippen molar-refractivity contribution >= 4 is 5.97 Å². The van der Waals surface area contributed by atoms with E-state index in [0.29, 0.717) is 19.6 Å². The summed E-state index contributed by atoms with van der Waals surface area (Å²) in [6.07, 6.45) is 3.67. The Morgan fingerprint density at radius 3 is 2.44 bits per heavy atom. The summed E-state index contributed by atoms with van der Waals surface area (Å²) in [4.78, 5) is 11.3. The third-order valence-corrected chi connectivity index (χ3v) is 2.38. The molecule has 0 spiro atoms. The van der Waals surface area contributed by atoms with Crippen molar-refractivity contribution < 1.29 is 14.3 Å². The highest BCUT2D eigenvalue weighted by Gasteiger charge is 2.09. The standard InChI is InChI=1S/C13H26O3/c1-5-15-10-9-13(14)16-12(4)8-6-7-11(2)3/h11-12H,5-10H2,1-4H3. The second kappa shape index (κ2) is 9.64. The van der Waals surface area contributed by atoms with Gasteiger partial charge in [-0.1, -0.05) is 20.3 Å². The fourth-order valence-corrected chi connectivity index (χ4v) is 1.46. The van der Waals surface area contributed by atoms with Crippen LogP contribution in [-0.4, -0.2) is 25.3 Å². The van der Waals surface area contributed by atoms with E-state index in [9.17, 15) is 4.79 Å². The molecule has 16 heavy (non-hydrogen) atoms. The van der Waals surface area contributed by atoms with Crippen LogP contribution in [-0.2, 0) is 14.3 Å². The van der Waals surface area contributed by atoms with E-state index in [4.69, 9.17) is 9.47 Å². The monoisotopic (exact) mass is 230 g/mol. The molecule has 0 aliphatic rings. The minimum atomic E-state index is -0.148. The van der Waals surface area contributed by atoms with Crippen LogP contribution in [0, 0.1) is 5.92 Å². The largest absolute Gasteiger partial charge is 0.463 e. The van der Waals surface area contributed by atoms with E-state index in [1.54, 1.807) is 0 Å². The van der Waals surface area contributed by atoms with Gasteiger partial charge in [0.25, 0.3) is 0 Å². The van der Waals surface area contributed by atoms with Crippen molar-refractivity contribution in [1.82, 2.24) is 0 Å². The summed E-state index contributed by atoms with van der Waals surface area (Å²) < 4.78 is 10.4. The van der Waals surface area contributed by atoms with Gasteiger partial charge < -0.3 is 9.47 Å². The molecule has 0 rings (SSSR count). The summed E-state index contributed by atoms with van der Waals surface area (Å²) in [5.74, 6) is 0.575. The molecule has 1 unspecified atom stereocenters. The van der Waals surface area contributed by atoms with Crippen molar-refractivity contribution in [3.05, 3.63) is 0 Å². The molecule has 0 aromatic heterocycles. The molecule has 0 heterocycles. The summed E-state index contributed by atoms with van der Waals surface area (Å²) in [6, 6.07) is 0. The number of carbonyl (C=O) groups excluding carboxylic acids is 1. The number of esters is 1. The van der Waals surface area contributed by atoms with Crippen LogP contribution in [0.2, 0.25) is 0 Å². The van der Waals surface area contributed by atoms with E-state index in [1.165, 1.54) is 6.42 Å². The molecule has 1 atom stereocenters. The highest BCUT2D eigenvalue weighted by atomic mass is 16.5. The van der Waals surface area contributed by atoms with E-state index in [2.05, 4.69) is 13.8 Å². The van der Waals surface area contributed by atoms with Crippen molar-refractivity contribution in [2.75, 3.05) is 13.2 Å². The van der Waals surface area contributed by atoms with Crippen molar-refractivity contribution in [3.8, 4) is 0 Å². The van der Waals surface area contributed by atoms with Gasteiger partial charge in [-0.15, -0.1) is 0 Å². The number of carbonyl (C=O) groups is 1. The second-order valence-corrected chi connectivity index (χ2v) is 4.57. The maximum absolute atomic E-state index is 11.3. The quantitative estimate of drug-likeness (QED) is 0.451. The van der Waals surface area contributed by atoms with Gasteiger partial charge in [0.15, 0.2) is 0 Å². The molecule has 0 fully saturated rings. The van der Waals surface area contributed by atoms with Gasteiger partial charge in [-0.05, 0) is 32.6 Å². The minimum absolute atomic E-state index is 0.0351. The molecule has 0 aliphatic carbocycles. The van der Waals surface area contributed by atoms with Crippen molar-refractivity contribution in [2.24, 2.45) is 5.92 Å². The molecule has 0 saturated heterocycles. The molecule has 0 saturated carbocycles. The van der Waals surface area contributed by atoms with Gasteiger partial charge in [-0.25, -0.2) is 0 Å². The third kappa shape index (κ3) is 9.97. The van der Waals surface area contributed by atoms with Crippen LogP contribution in [0.1, 0.15) is 53.4 Å². The molecule has 0 aliphatic heterocycles. The Bertz CT molecular complexity index is 178. The molecule has 0 aromatic rings. The van der Waals surface area contributed by atoms with Crippen LogP contribution in [0.3, 0.4) is 0 Å². The van der Waals surface area contributed by atoms with Crippen LogP contribution in [0.4, 0.5) is 0 Å². The van der Waals surface area contributed by atoms with E-state index >= 15 is 0 Å². The lowest BCUT2D eigenvalue weighted by Gasteiger charge is -2.13. The van der Waals surface area contributed by atoms with E-state index < -0.39 is 0 Å². The van der Waals surface area contributed by atoms with Gasteiger partial charge in [0.2, 0.25) is 0 Å². The molecule has 0 radical (unpaired) electrons. The fraction of sp³-hybridized carbons (Fsp3) is 0.923. The predicted molar refractivity (Wildman–Crippen MR) is 65.4 cm³/mol. The number of hydrogen-bond donors (Lipinski definition) is 0. The summed E-state index contributed by atoms with van der Waals surface area (Å²) in [5, 5.41) is 0. The van der Waals surface area contributed by atoms with Crippen molar-refractivity contribution in [2.45, 2.75) is 59.5 Å². The van der Waals surface area contributed by atoms with Crippen LogP contribution in [0.15, 0.2) is 0 Å². The molecule has 3 heteroatoms. The lowest BCUT2D eigenvalue weighted by atomic mass is 10.0. The second-order valence-electron chi connectivity index (χ2n) is 4.57. The lowest BCUT2D eigenvalue weighted by Crippen LogP contribution is -2.16. The SMILES string of the molecule is CCOCCC(=O)OC(C)CCCC(C)C. The Morgan fingerprint density at radius 2 is 1.88 bits per heavy atom. The smallest absolute Gasteiger partial charge is 0.308 e. The Kier molecular flexibility index (Phi) is 9.30. The lowest BCUT2D eigenvalue weighted by molar-refractivity contribution is -0.149. The highest BCUT2D eigenvalue weighted by Crippen LogP contribution is 2.10. The molecule has 96 valence electrons. The first-order chi connectivity index (χ1) is 7.56. The Labute approximate surface area is 99.5 Å². The van der Waals surface area contributed by atoms with Crippen molar-refractivity contribution in [3.63, 3.8) is 0 Å². The van der Waals surface area contributed by atoms with Gasteiger partial charge in [0.1, 0.15) is 0 Å². The first-order valence-corrected chi connectivity index (χ1v) is 6.33. The first kappa shape index (κ1) is 15.4. The molecular formula is C13H26O3. The number of ether oxygens (including phenoxy) is 2. The van der Waals surface area contributed by atoms with E-state index in [0.717, 1.165) is 18.8 Å². The number of hydrogen-bond acceptors (Lipinski definition) is 3. The highest BCUT2D eigenvalue weighted by molar-refractivity contribution is 5.69. The maximum Gasteiger partial charge on any atom is 0.308 e.